The van der Waals surface area contributed by atoms with E-state index in [9.17, 15) is 14.7 Å². The molecule has 9 heteroatoms. The van der Waals surface area contributed by atoms with Crippen molar-refractivity contribution in [3.63, 3.8) is 0 Å². The van der Waals surface area contributed by atoms with Crippen molar-refractivity contribution in [3.8, 4) is 11.5 Å². The summed E-state index contributed by atoms with van der Waals surface area (Å²) >= 11 is 0. The third-order valence-corrected chi connectivity index (χ3v) is 5.92. The van der Waals surface area contributed by atoms with Crippen molar-refractivity contribution in [3.05, 3.63) is 36.2 Å². The second-order valence-corrected chi connectivity index (χ2v) is 8.99. The molecule has 174 valence electrons. The molecule has 3 rings (SSSR count). The monoisotopic (exact) mass is 443 g/mol. The topological polar surface area (TPSA) is 135 Å². The lowest BCUT2D eigenvalue weighted by Crippen LogP contribution is -2.55. The maximum absolute atomic E-state index is 13.1. The Morgan fingerprint density at radius 2 is 1.84 bits per heavy atom. The van der Waals surface area contributed by atoms with Crippen LogP contribution in [0.4, 0.5) is 0 Å². The maximum atomic E-state index is 13.1. The fourth-order valence-corrected chi connectivity index (χ4v) is 3.86. The smallest absolute Gasteiger partial charge is 0.247 e. The summed E-state index contributed by atoms with van der Waals surface area (Å²) in [5.74, 6) is -0.346. The molecule has 1 fully saturated rings. The molecule has 1 aliphatic rings. The average Bonchev–Trinajstić information content (AvgIpc) is 3.46. The summed E-state index contributed by atoms with van der Waals surface area (Å²) in [6.45, 7) is 8.03. The molecule has 0 saturated carbocycles. The van der Waals surface area contributed by atoms with Gasteiger partial charge in [-0.15, -0.1) is 10.2 Å². The number of nitrogens with one attached hydrogen (secondary N) is 1. The number of nitrogens with zero attached hydrogens (tertiary/aromatic N) is 3. The zero-order valence-electron chi connectivity index (χ0n) is 19.1. The highest BCUT2D eigenvalue weighted by Crippen LogP contribution is 2.26. The molecule has 2 amide bonds. The Morgan fingerprint density at radius 1 is 1.16 bits per heavy atom. The van der Waals surface area contributed by atoms with E-state index in [0.29, 0.717) is 18.9 Å². The van der Waals surface area contributed by atoms with Crippen molar-refractivity contribution < 1.29 is 19.1 Å². The molecule has 0 spiro atoms. The van der Waals surface area contributed by atoms with Gasteiger partial charge < -0.3 is 25.5 Å². The summed E-state index contributed by atoms with van der Waals surface area (Å²) in [7, 11) is 0. The number of aliphatic hydroxyl groups excluding tert-OH is 1. The Balaban J connectivity index is 1.73. The van der Waals surface area contributed by atoms with Crippen LogP contribution in [0.3, 0.4) is 0 Å². The van der Waals surface area contributed by atoms with Crippen LogP contribution in [0.2, 0.25) is 0 Å². The summed E-state index contributed by atoms with van der Waals surface area (Å²) in [6, 6.07) is 7.33. The Labute approximate surface area is 188 Å². The van der Waals surface area contributed by atoms with E-state index in [4.69, 9.17) is 10.2 Å². The fraction of sp³-hybridized carbons (Fsp3) is 0.565. The Hall–Kier alpha value is -2.78. The van der Waals surface area contributed by atoms with E-state index in [2.05, 4.69) is 15.5 Å². The molecule has 0 radical (unpaired) electrons. The standard InChI is InChI=1S/C23H33N5O4/c1-13(2)17(24)23(31)28-12-8-11-16(28)20(30)25-18(14(3)4)19(29)22-27-26-21(32-22)15-9-6-5-7-10-15/h5-7,9-10,13-14,16-19,29H,8,11-12,24H2,1-4H3,(H,25,30). The molecule has 1 aliphatic heterocycles. The number of aliphatic hydroxyl groups is 1. The van der Waals surface area contributed by atoms with Crippen molar-refractivity contribution in [2.45, 2.75) is 64.8 Å². The molecule has 4 atom stereocenters. The van der Waals surface area contributed by atoms with Gasteiger partial charge in [0.1, 0.15) is 6.04 Å². The van der Waals surface area contributed by atoms with Gasteiger partial charge in [-0.3, -0.25) is 9.59 Å². The van der Waals surface area contributed by atoms with E-state index < -0.39 is 24.2 Å². The summed E-state index contributed by atoms with van der Waals surface area (Å²) in [5, 5.41) is 21.8. The third kappa shape index (κ3) is 5.16. The van der Waals surface area contributed by atoms with Crippen LogP contribution < -0.4 is 11.1 Å². The number of aromatic nitrogens is 2. The number of nitrogens with two attached hydrogens (primary N) is 1. The van der Waals surface area contributed by atoms with Crippen LogP contribution in [-0.4, -0.2) is 56.7 Å². The number of carbonyl (C=O) groups excluding carboxylic acids is 2. The minimum Gasteiger partial charge on any atom is -0.418 e. The Kier molecular flexibility index (Phi) is 7.63. The lowest BCUT2D eigenvalue weighted by Gasteiger charge is -2.31. The van der Waals surface area contributed by atoms with E-state index in [1.54, 1.807) is 4.90 Å². The van der Waals surface area contributed by atoms with Crippen LogP contribution in [0, 0.1) is 11.8 Å². The van der Waals surface area contributed by atoms with Gasteiger partial charge in [-0.1, -0.05) is 45.9 Å². The molecule has 4 unspecified atom stereocenters. The number of amides is 2. The first-order chi connectivity index (χ1) is 15.2. The van der Waals surface area contributed by atoms with Crippen LogP contribution in [0.15, 0.2) is 34.7 Å². The van der Waals surface area contributed by atoms with Crippen molar-refractivity contribution in [2.24, 2.45) is 17.6 Å². The lowest BCUT2D eigenvalue weighted by atomic mass is 9.97. The lowest BCUT2D eigenvalue weighted by molar-refractivity contribution is -0.140. The summed E-state index contributed by atoms with van der Waals surface area (Å²) in [5.41, 5.74) is 6.78. The van der Waals surface area contributed by atoms with Crippen molar-refractivity contribution in [1.29, 1.82) is 0 Å². The van der Waals surface area contributed by atoms with Crippen LogP contribution in [0.25, 0.3) is 11.5 Å². The summed E-state index contributed by atoms with van der Waals surface area (Å²) in [4.78, 5) is 27.4. The largest absolute Gasteiger partial charge is 0.418 e. The third-order valence-electron chi connectivity index (χ3n) is 5.92. The first-order valence-corrected chi connectivity index (χ1v) is 11.1. The summed E-state index contributed by atoms with van der Waals surface area (Å²) < 4.78 is 5.68. The van der Waals surface area contributed by atoms with Crippen molar-refractivity contribution >= 4 is 11.8 Å². The highest BCUT2D eigenvalue weighted by Gasteiger charge is 2.39. The second kappa shape index (κ2) is 10.2. The minimum atomic E-state index is -1.19. The van der Waals surface area contributed by atoms with Crippen LogP contribution in [0.1, 0.15) is 52.5 Å². The molecule has 32 heavy (non-hydrogen) atoms. The van der Waals surface area contributed by atoms with Gasteiger partial charge in [0, 0.05) is 12.1 Å². The van der Waals surface area contributed by atoms with Gasteiger partial charge in [-0.25, -0.2) is 0 Å². The molecule has 9 nitrogen and oxygen atoms in total. The van der Waals surface area contributed by atoms with Crippen LogP contribution >= 0.6 is 0 Å². The average molecular weight is 444 g/mol. The van der Waals surface area contributed by atoms with E-state index >= 15 is 0 Å². The highest BCUT2D eigenvalue weighted by molar-refractivity contribution is 5.90. The van der Waals surface area contributed by atoms with E-state index in [-0.39, 0.29) is 29.5 Å². The molecule has 1 saturated heterocycles. The zero-order valence-corrected chi connectivity index (χ0v) is 19.1. The molecule has 0 aliphatic carbocycles. The van der Waals surface area contributed by atoms with E-state index in [0.717, 1.165) is 12.0 Å². The van der Waals surface area contributed by atoms with Crippen LogP contribution in [0.5, 0.6) is 0 Å². The first kappa shape index (κ1) is 23.9. The molecule has 4 N–H and O–H groups in total. The van der Waals surface area contributed by atoms with Gasteiger partial charge in [0.2, 0.25) is 23.6 Å². The predicted molar refractivity (Wildman–Crippen MR) is 119 cm³/mol. The molecule has 1 aromatic carbocycles. The number of rotatable bonds is 8. The SMILES string of the molecule is CC(C)C(N)C(=O)N1CCCC1C(=O)NC(C(C)C)C(O)c1nnc(-c2ccccc2)o1. The van der Waals surface area contributed by atoms with Crippen molar-refractivity contribution in [2.75, 3.05) is 6.54 Å². The van der Waals surface area contributed by atoms with Crippen molar-refractivity contribution in [1.82, 2.24) is 20.4 Å². The fourth-order valence-electron chi connectivity index (χ4n) is 3.86. The van der Waals surface area contributed by atoms with Gasteiger partial charge in [0.25, 0.3) is 0 Å². The van der Waals surface area contributed by atoms with E-state index in [1.807, 2.05) is 58.0 Å². The molecule has 0 bridgehead atoms. The van der Waals surface area contributed by atoms with Gasteiger partial charge >= 0.3 is 0 Å². The Bertz CT molecular complexity index is 914. The molecular formula is C23H33N5O4. The van der Waals surface area contributed by atoms with Gasteiger partial charge in [0.05, 0.1) is 12.1 Å². The minimum absolute atomic E-state index is 0.0200. The molecule has 1 aromatic heterocycles. The highest BCUT2D eigenvalue weighted by atomic mass is 16.4. The second-order valence-electron chi connectivity index (χ2n) is 8.99. The van der Waals surface area contributed by atoms with Crippen LogP contribution in [-0.2, 0) is 9.59 Å². The Morgan fingerprint density at radius 3 is 2.47 bits per heavy atom. The molecular weight excluding hydrogens is 410 g/mol. The number of hydrogen-bond donors (Lipinski definition) is 3. The molecule has 2 aromatic rings. The quantitative estimate of drug-likeness (QED) is 0.567. The van der Waals surface area contributed by atoms with Gasteiger partial charge in [0.15, 0.2) is 6.10 Å². The summed E-state index contributed by atoms with van der Waals surface area (Å²) in [6.07, 6.45) is 0.0997. The molecule has 2 heterocycles. The maximum Gasteiger partial charge on any atom is 0.247 e. The number of hydrogen-bond acceptors (Lipinski definition) is 7. The zero-order chi connectivity index (χ0) is 23.4. The number of carbonyl (C=O) groups is 2. The number of likely N-dealkylation sites (tertiary alicyclic amines) is 1. The number of benzene rings is 1. The predicted octanol–water partition coefficient (Wildman–Crippen LogP) is 1.89. The van der Waals surface area contributed by atoms with E-state index in [1.165, 1.54) is 0 Å². The normalized spacial score (nSPS) is 19.2. The van der Waals surface area contributed by atoms with Gasteiger partial charge in [-0.05, 0) is 36.8 Å². The first-order valence-electron chi connectivity index (χ1n) is 11.1. The van der Waals surface area contributed by atoms with Gasteiger partial charge in [-0.2, -0.15) is 0 Å².